The molecule has 1 heterocycles. The van der Waals surface area contributed by atoms with Gasteiger partial charge in [-0.05, 0) is 67.3 Å². The fourth-order valence-corrected chi connectivity index (χ4v) is 7.05. The molecule has 0 unspecified atom stereocenters. The van der Waals surface area contributed by atoms with Crippen LogP contribution in [0.5, 0.6) is 0 Å². The third-order valence-corrected chi connectivity index (χ3v) is 10.1. The maximum atomic E-state index is 13.3. The molecule has 1 saturated heterocycles. The highest BCUT2D eigenvalue weighted by Crippen LogP contribution is 2.33. The topological polar surface area (TPSA) is 128 Å². The Morgan fingerprint density at radius 1 is 0.884 bits per heavy atom. The Bertz CT molecular complexity index is 1560. The maximum absolute atomic E-state index is 13.3. The van der Waals surface area contributed by atoms with Crippen LogP contribution in [-0.2, 0) is 14.8 Å². The lowest BCUT2D eigenvalue weighted by atomic mass is 10.2. The summed E-state index contributed by atoms with van der Waals surface area (Å²) in [6.45, 7) is 2.74. The first-order valence-electron chi connectivity index (χ1n) is 14.1. The summed E-state index contributed by atoms with van der Waals surface area (Å²) in [7, 11) is -3.82. The summed E-state index contributed by atoms with van der Waals surface area (Å²) in [4.78, 5) is 29.5. The number of piperazine rings is 1. The number of urea groups is 1. The first-order valence-corrected chi connectivity index (χ1v) is 16.3. The second-order valence-electron chi connectivity index (χ2n) is 10.7. The molecule has 0 bridgehead atoms. The number of nitrogens with one attached hydrogen (secondary N) is 2. The quantitative estimate of drug-likeness (QED) is 0.255. The van der Waals surface area contributed by atoms with Crippen molar-refractivity contribution >= 4 is 67.9 Å². The number of halogens is 2. The number of nitrogen functional groups attached to an aromatic ring is 1. The highest BCUT2D eigenvalue weighted by molar-refractivity contribution is 7.89. The van der Waals surface area contributed by atoms with Crippen molar-refractivity contribution in [2.24, 2.45) is 5.92 Å². The second-order valence-corrected chi connectivity index (χ2v) is 13.4. The minimum absolute atomic E-state index is 0.0177. The molecule has 10 nitrogen and oxygen atoms in total. The number of rotatable bonds is 10. The zero-order valence-electron chi connectivity index (χ0n) is 23.5. The Balaban J connectivity index is 1.12. The number of nitrogens with zero attached hydrogens (tertiary/aromatic N) is 3. The SMILES string of the molecule is Nc1ccccc1S(=O)(=O)N(CCC(=O)Nc1ccc(N2CCN(C(=O)Nc3c(Cl)cccc3Cl)CC2)cc1)CC1CC1. The number of carbonyl (C=O) groups is 2. The number of amides is 3. The average molecular weight is 646 g/mol. The molecule has 2 fully saturated rings. The van der Waals surface area contributed by atoms with Gasteiger partial charge in [-0.15, -0.1) is 0 Å². The molecule has 5 rings (SSSR count). The maximum Gasteiger partial charge on any atom is 0.322 e. The van der Waals surface area contributed by atoms with Crippen molar-refractivity contribution in [3.63, 3.8) is 0 Å². The first-order chi connectivity index (χ1) is 20.6. The van der Waals surface area contributed by atoms with Gasteiger partial charge in [0.2, 0.25) is 15.9 Å². The number of hydrogen-bond acceptors (Lipinski definition) is 6. The van der Waals surface area contributed by atoms with Crippen molar-refractivity contribution in [1.82, 2.24) is 9.21 Å². The molecule has 0 aromatic heterocycles. The molecule has 1 aliphatic carbocycles. The Labute approximate surface area is 261 Å². The van der Waals surface area contributed by atoms with Crippen LogP contribution in [-0.4, -0.2) is 68.8 Å². The molecule has 4 N–H and O–H groups in total. The van der Waals surface area contributed by atoms with Crippen molar-refractivity contribution in [3.8, 4) is 0 Å². The number of sulfonamides is 1. The lowest BCUT2D eigenvalue weighted by Gasteiger charge is -2.36. The smallest absolute Gasteiger partial charge is 0.322 e. The van der Waals surface area contributed by atoms with Crippen LogP contribution in [0.3, 0.4) is 0 Å². The van der Waals surface area contributed by atoms with Crippen LogP contribution >= 0.6 is 23.2 Å². The molecule has 1 aliphatic heterocycles. The minimum Gasteiger partial charge on any atom is -0.398 e. The van der Waals surface area contributed by atoms with E-state index in [1.807, 2.05) is 24.3 Å². The van der Waals surface area contributed by atoms with Crippen molar-refractivity contribution in [2.45, 2.75) is 24.2 Å². The van der Waals surface area contributed by atoms with Crippen molar-refractivity contribution < 1.29 is 18.0 Å². The molecule has 228 valence electrons. The van der Waals surface area contributed by atoms with Gasteiger partial charge in [-0.1, -0.05) is 41.4 Å². The zero-order chi connectivity index (χ0) is 30.6. The standard InChI is InChI=1S/C30H34Cl2N6O4S/c31-24-4-3-5-25(32)29(24)35-30(40)37-18-16-36(17-19-37)23-12-10-22(11-13-23)34-28(39)14-15-38(20-21-8-9-21)43(41,42)27-7-2-1-6-26(27)33/h1-7,10-13,21H,8-9,14-20,33H2,(H,34,39)(H,35,40). The molecule has 43 heavy (non-hydrogen) atoms. The summed E-state index contributed by atoms with van der Waals surface area (Å²) in [5.74, 6) is 0.0375. The van der Waals surface area contributed by atoms with Gasteiger partial charge in [0, 0.05) is 57.1 Å². The third-order valence-electron chi connectivity index (χ3n) is 7.56. The lowest BCUT2D eigenvalue weighted by molar-refractivity contribution is -0.116. The van der Waals surface area contributed by atoms with Gasteiger partial charge in [0.1, 0.15) is 4.90 Å². The van der Waals surface area contributed by atoms with E-state index in [4.69, 9.17) is 28.9 Å². The number of anilines is 4. The normalized spacial score (nSPS) is 15.4. The highest BCUT2D eigenvalue weighted by atomic mass is 35.5. The zero-order valence-corrected chi connectivity index (χ0v) is 25.8. The number of benzene rings is 3. The van der Waals surface area contributed by atoms with E-state index < -0.39 is 10.0 Å². The van der Waals surface area contributed by atoms with Gasteiger partial charge in [-0.3, -0.25) is 4.79 Å². The fourth-order valence-electron chi connectivity index (χ4n) is 4.93. The number of hydrogen-bond donors (Lipinski definition) is 3. The summed E-state index contributed by atoms with van der Waals surface area (Å²) in [5, 5.41) is 6.42. The Morgan fingerprint density at radius 2 is 1.53 bits per heavy atom. The second kappa shape index (κ2) is 13.4. The van der Waals surface area contributed by atoms with E-state index in [9.17, 15) is 18.0 Å². The minimum atomic E-state index is -3.82. The Morgan fingerprint density at radius 3 is 2.16 bits per heavy atom. The molecule has 3 aromatic rings. The van der Waals surface area contributed by atoms with Crippen molar-refractivity contribution in [3.05, 3.63) is 76.8 Å². The van der Waals surface area contributed by atoms with E-state index in [0.717, 1.165) is 18.5 Å². The predicted molar refractivity (Wildman–Crippen MR) is 171 cm³/mol. The van der Waals surface area contributed by atoms with E-state index in [-0.39, 0.29) is 35.5 Å². The summed E-state index contributed by atoms with van der Waals surface area (Å²) in [6, 6.07) is 18.7. The molecule has 13 heteroatoms. The van der Waals surface area contributed by atoms with Gasteiger partial charge in [-0.2, -0.15) is 4.31 Å². The summed E-state index contributed by atoms with van der Waals surface area (Å²) in [6.07, 6.45) is 1.98. The number of carbonyl (C=O) groups excluding carboxylic acids is 2. The van der Waals surface area contributed by atoms with Gasteiger partial charge in [0.15, 0.2) is 0 Å². The number of para-hydroxylation sites is 2. The van der Waals surface area contributed by atoms with Gasteiger partial charge in [0.25, 0.3) is 0 Å². The van der Waals surface area contributed by atoms with Gasteiger partial charge >= 0.3 is 6.03 Å². The summed E-state index contributed by atoms with van der Waals surface area (Å²) >= 11 is 12.4. The molecule has 0 spiro atoms. The van der Waals surface area contributed by atoms with E-state index in [1.165, 1.54) is 10.4 Å². The van der Waals surface area contributed by atoms with Crippen LogP contribution in [0.2, 0.25) is 10.0 Å². The van der Waals surface area contributed by atoms with Crippen LogP contribution in [0.15, 0.2) is 71.6 Å². The number of nitrogens with two attached hydrogens (primary N) is 1. The first kappa shape index (κ1) is 30.9. The van der Waals surface area contributed by atoms with Crippen LogP contribution in [0, 0.1) is 5.92 Å². The van der Waals surface area contributed by atoms with Crippen LogP contribution in [0.1, 0.15) is 19.3 Å². The molecule has 0 atom stereocenters. The van der Waals surface area contributed by atoms with Crippen LogP contribution in [0.25, 0.3) is 0 Å². The molecule has 3 aromatic carbocycles. The Hall–Kier alpha value is -3.51. The summed E-state index contributed by atoms with van der Waals surface area (Å²) in [5.41, 5.74) is 8.13. The third kappa shape index (κ3) is 7.72. The van der Waals surface area contributed by atoms with Gasteiger partial charge in [0.05, 0.1) is 21.4 Å². The monoisotopic (exact) mass is 644 g/mol. The highest BCUT2D eigenvalue weighted by Gasteiger charge is 2.33. The van der Waals surface area contributed by atoms with Crippen molar-refractivity contribution in [1.29, 1.82) is 0 Å². The largest absolute Gasteiger partial charge is 0.398 e. The molecule has 0 radical (unpaired) electrons. The fraction of sp³-hybridized carbons (Fsp3) is 0.333. The van der Waals surface area contributed by atoms with E-state index >= 15 is 0 Å². The van der Waals surface area contributed by atoms with E-state index in [2.05, 4.69) is 15.5 Å². The predicted octanol–water partition coefficient (Wildman–Crippen LogP) is 5.36. The van der Waals surface area contributed by atoms with Crippen LogP contribution in [0.4, 0.5) is 27.5 Å². The van der Waals surface area contributed by atoms with E-state index in [0.29, 0.717) is 60.1 Å². The molecular weight excluding hydrogens is 611 g/mol. The molecular formula is C30H34Cl2N6O4S. The van der Waals surface area contributed by atoms with E-state index in [1.54, 1.807) is 41.3 Å². The Kier molecular flexibility index (Phi) is 9.65. The molecule has 2 aliphatic rings. The molecule has 1 saturated carbocycles. The van der Waals surface area contributed by atoms with Gasteiger partial charge < -0.3 is 26.2 Å². The van der Waals surface area contributed by atoms with Crippen molar-refractivity contribution in [2.75, 3.05) is 60.5 Å². The average Bonchev–Trinajstić information content (AvgIpc) is 3.82. The van der Waals surface area contributed by atoms with Crippen LogP contribution < -0.4 is 21.3 Å². The lowest BCUT2D eigenvalue weighted by Crippen LogP contribution is -2.50. The van der Waals surface area contributed by atoms with Gasteiger partial charge in [-0.25, -0.2) is 13.2 Å². The summed E-state index contributed by atoms with van der Waals surface area (Å²) < 4.78 is 28.0. The molecule has 3 amide bonds.